The zero-order valence-electron chi connectivity index (χ0n) is 14.8. The van der Waals surface area contributed by atoms with E-state index in [1.165, 1.54) is 54.4 Å². The second kappa shape index (κ2) is 8.03. The highest BCUT2D eigenvalue weighted by Crippen LogP contribution is 2.30. The van der Waals surface area contributed by atoms with Crippen LogP contribution >= 0.6 is 0 Å². The molecule has 2 aliphatic rings. The van der Waals surface area contributed by atoms with E-state index in [1.54, 1.807) is 0 Å². The summed E-state index contributed by atoms with van der Waals surface area (Å²) >= 11 is 0. The van der Waals surface area contributed by atoms with Gasteiger partial charge in [0.05, 0.1) is 13.2 Å². The second-order valence-corrected chi connectivity index (χ2v) is 7.21. The SMILES string of the molecule is c1cc(-c2ccc3c(c2)CCCO3)ccc1CONC1CCCCC1. The maximum Gasteiger partial charge on any atom is 0.122 e. The summed E-state index contributed by atoms with van der Waals surface area (Å²) in [6.07, 6.45) is 8.71. The monoisotopic (exact) mass is 337 g/mol. The largest absolute Gasteiger partial charge is 0.493 e. The molecule has 25 heavy (non-hydrogen) atoms. The molecule has 132 valence electrons. The zero-order valence-corrected chi connectivity index (χ0v) is 14.8. The van der Waals surface area contributed by atoms with E-state index in [-0.39, 0.29) is 0 Å². The molecule has 1 fully saturated rings. The Balaban J connectivity index is 1.35. The van der Waals surface area contributed by atoms with Crippen LogP contribution in [0, 0.1) is 0 Å². The molecule has 0 atom stereocenters. The van der Waals surface area contributed by atoms with Gasteiger partial charge in [0.1, 0.15) is 5.75 Å². The fraction of sp³-hybridized carbons (Fsp3) is 0.455. The molecular formula is C22H27NO2. The number of benzene rings is 2. The molecule has 0 saturated heterocycles. The Labute approximate surface area is 150 Å². The van der Waals surface area contributed by atoms with Crippen molar-refractivity contribution in [3.05, 3.63) is 53.6 Å². The van der Waals surface area contributed by atoms with Crippen LogP contribution in [0.25, 0.3) is 11.1 Å². The lowest BCUT2D eigenvalue weighted by Crippen LogP contribution is -2.30. The van der Waals surface area contributed by atoms with E-state index in [0.29, 0.717) is 12.6 Å². The minimum atomic E-state index is 0.533. The zero-order chi connectivity index (χ0) is 16.9. The van der Waals surface area contributed by atoms with Crippen molar-refractivity contribution in [2.75, 3.05) is 6.61 Å². The van der Waals surface area contributed by atoms with Crippen molar-refractivity contribution in [3.63, 3.8) is 0 Å². The fourth-order valence-corrected chi connectivity index (χ4v) is 3.80. The van der Waals surface area contributed by atoms with Gasteiger partial charge in [-0.1, -0.05) is 49.6 Å². The maximum absolute atomic E-state index is 5.71. The number of hydrogen-bond donors (Lipinski definition) is 1. The van der Waals surface area contributed by atoms with Gasteiger partial charge >= 0.3 is 0 Å². The lowest BCUT2D eigenvalue weighted by atomic mass is 9.96. The second-order valence-electron chi connectivity index (χ2n) is 7.21. The fourth-order valence-electron chi connectivity index (χ4n) is 3.80. The molecule has 4 rings (SSSR count). The number of hydroxylamine groups is 1. The van der Waals surface area contributed by atoms with Crippen LogP contribution in [-0.2, 0) is 17.9 Å². The Hall–Kier alpha value is -1.84. The highest BCUT2D eigenvalue weighted by Gasteiger charge is 2.13. The smallest absolute Gasteiger partial charge is 0.122 e. The molecule has 3 heteroatoms. The maximum atomic E-state index is 5.71. The molecule has 3 nitrogen and oxygen atoms in total. The topological polar surface area (TPSA) is 30.5 Å². The molecule has 0 aromatic heterocycles. The highest BCUT2D eigenvalue weighted by atomic mass is 16.6. The van der Waals surface area contributed by atoms with Crippen molar-refractivity contribution in [2.24, 2.45) is 0 Å². The quantitative estimate of drug-likeness (QED) is 0.776. The number of ether oxygens (including phenoxy) is 1. The molecule has 0 bridgehead atoms. The van der Waals surface area contributed by atoms with Gasteiger partial charge in [-0.2, -0.15) is 5.48 Å². The van der Waals surface area contributed by atoms with Gasteiger partial charge in [-0.25, -0.2) is 0 Å². The van der Waals surface area contributed by atoms with Crippen molar-refractivity contribution in [3.8, 4) is 16.9 Å². The lowest BCUT2D eigenvalue weighted by Gasteiger charge is -2.22. The van der Waals surface area contributed by atoms with Gasteiger partial charge in [0.25, 0.3) is 0 Å². The van der Waals surface area contributed by atoms with E-state index in [4.69, 9.17) is 9.57 Å². The minimum Gasteiger partial charge on any atom is -0.493 e. The van der Waals surface area contributed by atoms with Gasteiger partial charge in [-0.05, 0) is 60.1 Å². The van der Waals surface area contributed by atoms with E-state index >= 15 is 0 Å². The molecule has 1 heterocycles. The molecular weight excluding hydrogens is 310 g/mol. The Morgan fingerprint density at radius 2 is 1.72 bits per heavy atom. The summed E-state index contributed by atoms with van der Waals surface area (Å²) in [6.45, 7) is 1.46. The van der Waals surface area contributed by atoms with Crippen LogP contribution < -0.4 is 10.2 Å². The summed E-state index contributed by atoms with van der Waals surface area (Å²) in [5.74, 6) is 1.05. The number of fused-ring (bicyclic) bond motifs is 1. The third-order valence-corrected chi connectivity index (χ3v) is 5.29. The molecule has 1 aliphatic carbocycles. The molecule has 0 unspecified atom stereocenters. The van der Waals surface area contributed by atoms with Crippen LogP contribution in [0.4, 0.5) is 0 Å². The summed E-state index contributed by atoms with van der Waals surface area (Å²) in [7, 11) is 0. The first-order chi connectivity index (χ1) is 12.4. The Morgan fingerprint density at radius 3 is 2.56 bits per heavy atom. The summed E-state index contributed by atoms with van der Waals surface area (Å²) < 4.78 is 5.70. The number of rotatable bonds is 5. The average molecular weight is 337 g/mol. The molecule has 0 spiro atoms. The van der Waals surface area contributed by atoms with Gasteiger partial charge < -0.3 is 4.74 Å². The molecule has 1 N–H and O–H groups in total. The highest BCUT2D eigenvalue weighted by molar-refractivity contribution is 5.66. The summed E-state index contributed by atoms with van der Waals surface area (Å²) in [4.78, 5) is 5.71. The molecule has 1 aliphatic heterocycles. The first kappa shape index (κ1) is 16.6. The Morgan fingerprint density at radius 1 is 0.920 bits per heavy atom. The first-order valence-electron chi connectivity index (χ1n) is 9.61. The number of hydrogen-bond acceptors (Lipinski definition) is 3. The van der Waals surface area contributed by atoms with Crippen molar-refractivity contribution < 1.29 is 9.57 Å². The van der Waals surface area contributed by atoms with Crippen LogP contribution in [0.3, 0.4) is 0 Å². The standard InChI is InChI=1S/C22H27NO2/c1-2-6-21(7-3-1)23-25-16-17-8-10-18(11-9-17)19-12-13-22-20(15-19)5-4-14-24-22/h8-13,15,21,23H,1-7,14,16H2. The van der Waals surface area contributed by atoms with Crippen molar-refractivity contribution in [1.82, 2.24) is 5.48 Å². The third kappa shape index (κ3) is 4.23. The van der Waals surface area contributed by atoms with E-state index in [2.05, 4.69) is 47.9 Å². The predicted molar refractivity (Wildman–Crippen MR) is 100 cm³/mol. The van der Waals surface area contributed by atoms with Crippen LogP contribution in [0.15, 0.2) is 42.5 Å². The van der Waals surface area contributed by atoms with Gasteiger partial charge in [0.15, 0.2) is 0 Å². The lowest BCUT2D eigenvalue weighted by molar-refractivity contribution is -0.00457. The number of nitrogens with one attached hydrogen (secondary N) is 1. The third-order valence-electron chi connectivity index (χ3n) is 5.29. The molecule has 2 aromatic rings. The van der Waals surface area contributed by atoms with Gasteiger partial charge in [-0.15, -0.1) is 0 Å². The molecule has 1 saturated carbocycles. The van der Waals surface area contributed by atoms with Crippen molar-refractivity contribution in [2.45, 2.75) is 57.6 Å². The average Bonchev–Trinajstić information content (AvgIpc) is 2.69. The van der Waals surface area contributed by atoms with Crippen molar-refractivity contribution in [1.29, 1.82) is 0 Å². The van der Waals surface area contributed by atoms with E-state index in [9.17, 15) is 0 Å². The first-order valence-corrected chi connectivity index (χ1v) is 9.61. The van der Waals surface area contributed by atoms with Crippen LogP contribution in [0.2, 0.25) is 0 Å². The van der Waals surface area contributed by atoms with Crippen molar-refractivity contribution >= 4 is 0 Å². The summed E-state index contributed by atoms with van der Waals surface area (Å²) in [5.41, 5.74) is 8.27. The van der Waals surface area contributed by atoms with Gasteiger partial charge in [0.2, 0.25) is 0 Å². The predicted octanol–water partition coefficient (Wildman–Crippen LogP) is 5.03. The summed E-state index contributed by atoms with van der Waals surface area (Å²) in [6, 6.07) is 15.8. The minimum absolute atomic E-state index is 0.533. The van der Waals surface area contributed by atoms with Crippen LogP contribution in [-0.4, -0.2) is 12.6 Å². The van der Waals surface area contributed by atoms with E-state index < -0.39 is 0 Å². The summed E-state index contributed by atoms with van der Waals surface area (Å²) in [5, 5.41) is 0. The molecule has 2 aromatic carbocycles. The molecule has 0 radical (unpaired) electrons. The molecule has 0 amide bonds. The Kier molecular flexibility index (Phi) is 5.34. The van der Waals surface area contributed by atoms with Crippen LogP contribution in [0.5, 0.6) is 5.75 Å². The number of aryl methyl sites for hydroxylation is 1. The van der Waals surface area contributed by atoms with Gasteiger partial charge in [-0.3, -0.25) is 4.84 Å². The Bertz CT molecular complexity index is 690. The van der Waals surface area contributed by atoms with Gasteiger partial charge in [0, 0.05) is 6.04 Å². The van der Waals surface area contributed by atoms with Crippen LogP contribution in [0.1, 0.15) is 49.7 Å². The normalized spacial score (nSPS) is 17.8. The van der Waals surface area contributed by atoms with E-state index in [1.807, 2.05) is 0 Å². The van der Waals surface area contributed by atoms with E-state index in [0.717, 1.165) is 25.2 Å².